The number of hydrogen-bond donors (Lipinski definition) is 1. The quantitative estimate of drug-likeness (QED) is 0.612. The molecule has 1 aromatic rings. The fourth-order valence-corrected chi connectivity index (χ4v) is 3.90. The number of ether oxygens (including phenoxy) is 3. The van der Waals surface area contributed by atoms with Gasteiger partial charge in [-0.2, -0.15) is 5.26 Å². The summed E-state index contributed by atoms with van der Waals surface area (Å²) in [6, 6.07) is 4.64. The normalized spacial score (nSPS) is 25.0. The number of ketones is 1. The predicted molar refractivity (Wildman–Crippen MR) is 94.9 cm³/mol. The van der Waals surface area contributed by atoms with Crippen LogP contribution in [0.4, 0.5) is 5.69 Å². The van der Waals surface area contributed by atoms with Crippen molar-refractivity contribution in [1.29, 1.82) is 10.7 Å². The molecule has 9 heteroatoms. The maximum atomic E-state index is 12.6. The molecule has 3 aliphatic rings. The van der Waals surface area contributed by atoms with E-state index in [2.05, 4.69) is 0 Å². The van der Waals surface area contributed by atoms with Gasteiger partial charge in [-0.3, -0.25) is 14.9 Å². The molecule has 1 aromatic carbocycles. The van der Waals surface area contributed by atoms with Crippen LogP contribution >= 0.6 is 0 Å². The Bertz CT molecular complexity index is 1000. The molecule has 0 spiro atoms. The van der Waals surface area contributed by atoms with Crippen LogP contribution in [0.3, 0.4) is 0 Å². The topological polar surface area (TPSA) is 136 Å². The fraction of sp³-hybridized carbons (Fsp3) is 0.421. The van der Waals surface area contributed by atoms with Crippen LogP contribution < -0.4 is 9.47 Å². The van der Waals surface area contributed by atoms with E-state index in [1.165, 1.54) is 12.1 Å². The van der Waals surface area contributed by atoms with Gasteiger partial charge in [0, 0.05) is 12.8 Å². The molecule has 0 saturated heterocycles. The highest BCUT2D eigenvalue weighted by Gasteiger charge is 2.47. The Morgan fingerprint density at radius 3 is 2.61 bits per heavy atom. The minimum absolute atomic E-state index is 0.0586. The van der Waals surface area contributed by atoms with E-state index in [1.54, 1.807) is 0 Å². The van der Waals surface area contributed by atoms with Crippen molar-refractivity contribution in [1.82, 2.24) is 0 Å². The van der Waals surface area contributed by atoms with Gasteiger partial charge >= 0.3 is 0 Å². The summed E-state index contributed by atoms with van der Waals surface area (Å²) >= 11 is 0. The van der Waals surface area contributed by atoms with Crippen molar-refractivity contribution in [3.05, 3.63) is 39.1 Å². The van der Waals surface area contributed by atoms with Crippen LogP contribution in [-0.2, 0) is 9.53 Å². The Balaban J connectivity index is 1.85. The first kappa shape index (κ1) is 18.0. The van der Waals surface area contributed by atoms with Crippen LogP contribution in [-0.4, -0.2) is 23.2 Å². The van der Waals surface area contributed by atoms with E-state index in [1.807, 2.05) is 19.9 Å². The number of nitro benzene ring substituents is 1. The van der Waals surface area contributed by atoms with Crippen molar-refractivity contribution in [2.45, 2.75) is 32.8 Å². The molecule has 0 saturated carbocycles. The van der Waals surface area contributed by atoms with Crippen LogP contribution in [0.2, 0.25) is 0 Å². The highest BCUT2D eigenvalue weighted by atomic mass is 16.7. The van der Waals surface area contributed by atoms with Gasteiger partial charge in [-0.15, -0.1) is 0 Å². The van der Waals surface area contributed by atoms with Gasteiger partial charge in [0.2, 0.25) is 6.79 Å². The molecule has 1 N–H and O–H groups in total. The molecule has 1 unspecified atom stereocenters. The van der Waals surface area contributed by atoms with Crippen molar-refractivity contribution < 1.29 is 23.9 Å². The first-order valence-corrected chi connectivity index (χ1v) is 8.71. The summed E-state index contributed by atoms with van der Waals surface area (Å²) in [7, 11) is 0. The molecule has 144 valence electrons. The number of nitro groups is 1. The molecular formula is C19H17N3O6. The van der Waals surface area contributed by atoms with Gasteiger partial charge < -0.3 is 19.6 Å². The first-order chi connectivity index (χ1) is 13.2. The molecular weight excluding hydrogens is 366 g/mol. The molecule has 1 aliphatic carbocycles. The van der Waals surface area contributed by atoms with Gasteiger partial charge in [0.25, 0.3) is 5.69 Å². The van der Waals surface area contributed by atoms with Crippen molar-refractivity contribution in [2.75, 3.05) is 6.79 Å². The number of fused-ring (bicyclic) bond motifs is 1. The predicted octanol–water partition coefficient (Wildman–Crippen LogP) is 3.20. The number of carbonyl (C=O) groups is 1. The Morgan fingerprint density at radius 1 is 1.29 bits per heavy atom. The van der Waals surface area contributed by atoms with Gasteiger partial charge in [-0.05, 0) is 11.5 Å². The van der Waals surface area contributed by atoms with E-state index in [9.17, 15) is 20.2 Å². The molecule has 0 aromatic heterocycles. The number of carbonyl (C=O) groups excluding carboxylic acids is 1. The number of allylic oxidation sites excluding steroid dienone is 2. The lowest BCUT2D eigenvalue weighted by Gasteiger charge is -2.38. The highest BCUT2D eigenvalue weighted by Crippen LogP contribution is 2.49. The summed E-state index contributed by atoms with van der Waals surface area (Å²) in [6.07, 6.45) is -0.429. The van der Waals surface area contributed by atoms with Gasteiger partial charge in [0.1, 0.15) is 11.7 Å². The minimum Gasteiger partial charge on any atom is -0.487 e. The number of benzene rings is 1. The zero-order valence-corrected chi connectivity index (χ0v) is 15.3. The van der Waals surface area contributed by atoms with Crippen molar-refractivity contribution in [3.8, 4) is 17.6 Å². The van der Waals surface area contributed by atoms with E-state index in [4.69, 9.17) is 19.6 Å². The number of hydrogen-bond acceptors (Lipinski definition) is 8. The van der Waals surface area contributed by atoms with Gasteiger partial charge in [-0.25, -0.2) is 0 Å². The van der Waals surface area contributed by atoms with Crippen LogP contribution in [0.15, 0.2) is 23.5 Å². The molecule has 0 radical (unpaired) electrons. The van der Waals surface area contributed by atoms with Crippen molar-refractivity contribution >= 4 is 17.2 Å². The summed E-state index contributed by atoms with van der Waals surface area (Å²) in [5.74, 6) is -0.524. The Hall–Kier alpha value is -3.41. The largest absolute Gasteiger partial charge is 0.487 e. The average Bonchev–Trinajstić information content (AvgIpc) is 3.06. The monoisotopic (exact) mass is 383 g/mol. The second kappa shape index (κ2) is 6.05. The number of rotatable bonds is 2. The Labute approximate surface area is 160 Å². The van der Waals surface area contributed by atoms with E-state index in [0.29, 0.717) is 17.9 Å². The summed E-state index contributed by atoms with van der Waals surface area (Å²) in [5, 5.41) is 29.7. The Morgan fingerprint density at radius 2 is 1.96 bits per heavy atom. The number of nitrogens with zero attached hydrogens (tertiary/aromatic N) is 2. The maximum Gasteiger partial charge on any atom is 0.280 e. The third kappa shape index (κ3) is 2.69. The van der Waals surface area contributed by atoms with E-state index >= 15 is 0 Å². The molecule has 2 heterocycles. The summed E-state index contributed by atoms with van der Waals surface area (Å²) in [4.78, 5) is 23.6. The van der Waals surface area contributed by atoms with Crippen molar-refractivity contribution in [3.63, 3.8) is 0 Å². The Kier molecular flexibility index (Phi) is 3.89. The van der Waals surface area contributed by atoms with Crippen LogP contribution in [0.5, 0.6) is 11.5 Å². The smallest absolute Gasteiger partial charge is 0.280 e. The lowest BCUT2D eigenvalue weighted by atomic mass is 9.72. The third-order valence-electron chi connectivity index (χ3n) is 5.15. The number of nitriles is 1. The first-order valence-electron chi connectivity index (χ1n) is 8.71. The van der Waals surface area contributed by atoms with Crippen LogP contribution in [0, 0.1) is 38.2 Å². The van der Waals surface area contributed by atoms with E-state index < -0.39 is 16.9 Å². The summed E-state index contributed by atoms with van der Waals surface area (Å²) in [5.41, 5.74) is -0.548. The highest BCUT2D eigenvalue weighted by molar-refractivity contribution is 6.24. The zero-order valence-electron chi connectivity index (χ0n) is 15.3. The molecule has 28 heavy (non-hydrogen) atoms. The number of Topliss-reactive ketones (excluding diaryl/α,β-unsaturated/α-hetero) is 1. The van der Waals surface area contributed by atoms with Crippen molar-refractivity contribution in [2.24, 2.45) is 11.3 Å². The third-order valence-corrected chi connectivity index (χ3v) is 5.15. The summed E-state index contributed by atoms with van der Waals surface area (Å²) < 4.78 is 16.5. The number of nitrogens with one attached hydrogen (secondary N) is 1. The van der Waals surface area contributed by atoms with E-state index in [0.717, 1.165) is 0 Å². The van der Waals surface area contributed by atoms with Crippen LogP contribution in [0.25, 0.3) is 0 Å². The molecule has 9 nitrogen and oxygen atoms in total. The lowest BCUT2D eigenvalue weighted by molar-refractivity contribution is -0.386. The molecule has 4 rings (SSSR count). The summed E-state index contributed by atoms with van der Waals surface area (Å²) in [6.45, 7) is 3.77. The minimum atomic E-state index is -1.15. The van der Waals surface area contributed by atoms with E-state index in [-0.39, 0.29) is 52.7 Å². The van der Waals surface area contributed by atoms with Crippen LogP contribution in [0.1, 0.15) is 38.4 Å². The molecule has 0 fully saturated rings. The van der Waals surface area contributed by atoms with Gasteiger partial charge in [0.05, 0.1) is 33.9 Å². The standard InChI is InChI=1S/C19H17N3O6/c1-19(2)5-12(23)16-15(6-19)28-18(10(7-20)17(16)21)9-3-13-14(27-8-26-13)4-11(9)22(24)25/h3-4,10,18,21H,5-6,8H2,1-2H3/t10?,18-/m0/s1. The SMILES string of the molecule is CC1(C)CC(=O)C2=C(C1)O[C@@H](c1cc3c(cc1[N+](=O)[O-])OCO3)C(C#N)C2=N. The van der Waals surface area contributed by atoms with Gasteiger partial charge in [-0.1, -0.05) is 13.8 Å². The molecule has 0 amide bonds. The molecule has 2 atom stereocenters. The maximum absolute atomic E-state index is 12.6. The fourth-order valence-electron chi connectivity index (χ4n) is 3.90. The average molecular weight is 383 g/mol. The molecule has 0 bridgehead atoms. The zero-order chi connectivity index (χ0) is 20.2. The second-order valence-electron chi connectivity index (χ2n) is 7.82. The lowest BCUT2D eigenvalue weighted by Crippen LogP contribution is -2.38. The molecule has 2 aliphatic heterocycles. The van der Waals surface area contributed by atoms with Gasteiger partial charge in [0.15, 0.2) is 23.4 Å². The second-order valence-corrected chi connectivity index (χ2v) is 7.82.